The van der Waals surface area contributed by atoms with Crippen LogP contribution in [0.2, 0.25) is 0 Å². The quantitative estimate of drug-likeness (QED) is 0.583. The third kappa shape index (κ3) is 4.12. The van der Waals surface area contributed by atoms with E-state index in [4.69, 9.17) is 10.5 Å². The van der Waals surface area contributed by atoms with Crippen molar-refractivity contribution < 1.29 is 18.8 Å². The highest BCUT2D eigenvalue weighted by Crippen LogP contribution is 2.24. The van der Waals surface area contributed by atoms with Gasteiger partial charge in [-0.1, -0.05) is 0 Å². The summed E-state index contributed by atoms with van der Waals surface area (Å²) in [5.41, 5.74) is 3.73. The van der Waals surface area contributed by atoms with Gasteiger partial charge >= 0.3 is 5.69 Å². The SMILES string of the molecule is CNC(C)(CC(C)Oc1ccc([N+](=O)[O-])c(F)c1)C(N)=O. The van der Waals surface area contributed by atoms with E-state index in [-0.39, 0.29) is 12.2 Å². The highest BCUT2D eigenvalue weighted by molar-refractivity contribution is 5.84. The standard InChI is InChI=1S/C13H18FN3O4/c1-8(7-13(2,16-3)12(15)18)21-9-4-5-11(17(19)20)10(14)6-9/h4-6,8,16H,7H2,1-3H3,(H2,15,18). The van der Waals surface area contributed by atoms with Crippen LogP contribution in [0.15, 0.2) is 18.2 Å². The number of nitro benzene ring substituents is 1. The summed E-state index contributed by atoms with van der Waals surface area (Å²) in [5, 5.41) is 13.3. The molecule has 3 N–H and O–H groups in total. The molecule has 0 heterocycles. The number of rotatable bonds is 7. The first kappa shape index (κ1) is 16.8. The van der Waals surface area contributed by atoms with Crippen molar-refractivity contribution in [2.24, 2.45) is 5.73 Å². The summed E-state index contributed by atoms with van der Waals surface area (Å²) in [6.45, 7) is 3.32. The highest BCUT2D eigenvalue weighted by Gasteiger charge is 2.31. The van der Waals surface area contributed by atoms with E-state index in [1.165, 1.54) is 6.07 Å². The van der Waals surface area contributed by atoms with Gasteiger partial charge in [-0.25, -0.2) is 0 Å². The maximum Gasteiger partial charge on any atom is 0.305 e. The van der Waals surface area contributed by atoms with Gasteiger partial charge in [0.05, 0.1) is 16.6 Å². The summed E-state index contributed by atoms with van der Waals surface area (Å²) in [5.74, 6) is -1.36. The lowest BCUT2D eigenvalue weighted by Gasteiger charge is -2.28. The number of nitro groups is 1. The van der Waals surface area contributed by atoms with Crippen molar-refractivity contribution in [2.75, 3.05) is 7.05 Å². The number of hydrogen-bond acceptors (Lipinski definition) is 5. The van der Waals surface area contributed by atoms with E-state index in [9.17, 15) is 19.3 Å². The van der Waals surface area contributed by atoms with Gasteiger partial charge < -0.3 is 15.8 Å². The maximum absolute atomic E-state index is 13.5. The van der Waals surface area contributed by atoms with Gasteiger partial charge in [-0.15, -0.1) is 0 Å². The minimum absolute atomic E-state index is 0.147. The lowest BCUT2D eigenvalue weighted by Crippen LogP contribution is -2.53. The Kier molecular flexibility index (Phi) is 5.20. The van der Waals surface area contributed by atoms with Crippen molar-refractivity contribution in [3.05, 3.63) is 34.1 Å². The second kappa shape index (κ2) is 6.49. The largest absolute Gasteiger partial charge is 0.491 e. The molecular formula is C13H18FN3O4. The lowest BCUT2D eigenvalue weighted by atomic mass is 9.94. The normalized spacial score (nSPS) is 15.0. The molecule has 0 radical (unpaired) electrons. The number of nitrogens with one attached hydrogen (secondary N) is 1. The van der Waals surface area contributed by atoms with E-state index < -0.39 is 34.0 Å². The van der Waals surface area contributed by atoms with E-state index in [0.29, 0.717) is 0 Å². The first-order valence-electron chi connectivity index (χ1n) is 6.29. The Morgan fingerprint density at radius 2 is 2.24 bits per heavy atom. The van der Waals surface area contributed by atoms with Gasteiger partial charge in [0.25, 0.3) is 0 Å². The Morgan fingerprint density at radius 1 is 1.62 bits per heavy atom. The second-order valence-electron chi connectivity index (χ2n) is 4.95. The number of primary amides is 1. The summed E-state index contributed by atoms with van der Waals surface area (Å²) in [4.78, 5) is 21.1. The molecule has 1 aromatic rings. The fourth-order valence-electron chi connectivity index (χ4n) is 1.88. The van der Waals surface area contributed by atoms with E-state index >= 15 is 0 Å². The Balaban J connectivity index is 2.80. The number of nitrogens with two attached hydrogens (primary N) is 1. The molecule has 21 heavy (non-hydrogen) atoms. The van der Waals surface area contributed by atoms with Crippen LogP contribution >= 0.6 is 0 Å². The zero-order valence-electron chi connectivity index (χ0n) is 12.1. The fourth-order valence-corrected chi connectivity index (χ4v) is 1.88. The van der Waals surface area contributed by atoms with Crippen LogP contribution in [0.25, 0.3) is 0 Å². The summed E-state index contributed by atoms with van der Waals surface area (Å²) in [6.07, 6.45) is -0.187. The minimum atomic E-state index is -0.976. The number of hydrogen-bond donors (Lipinski definition) is 2. The number of carbonyl (C=O) groups is 1. The van der Waals surface area contributed by atoms with Crippen LogP contribution < -0.4 is 15.8 Å². The van der Waals surface area contributed by atoms with E-state index in [0.717, 1.165) is 12.1 Å². The smallest absolute Gasteiger partial charge is 0.305 e. The Hall–Kier alpha value is -2.22. The molecule has 0 saturated heterocycles. The summed E-state index contributed by atoms with van der Waals surface area (Å²) in [6, 6.07) is 3.27. The van der Waals surface area contributed by atoms with Crippen molar-refractivity contribution >= 4 is 11.6 Å². The van der Waals surface area contributed by atoms with Crippen molar-refractivity contribution in [3.8, 4) is 5.75 Å². The number of nitrogens with zero attached hydrogens (tertiary/aromatic N) is 1. The van der Waals surface area contributed by atoms with Crippen LogP contribution in [0, 0.1) is 15.9 Å². The molecule has 2 atom stereocenters. The number of likely N-dealkylation sites (N-methyl/N-ethyl adjacent to an activating group) is 1. The molecule has 8 heteroatoms. The Morgan fingerprint density at radius 3 is 2.67 bits per heavy atom. The molecule has 1 aromatic carbocycles. The van der Waals surface area contributed by atoms with Gasteiger partial charge in [0.2, 0.25) is 11.7 Å². The molecule has 0 bridgehead atoms. The minimum Gasteiger partial charge on any atom is -0.491 e. The molecule has 2 unspecified atom stereocenters. The molecule has 1 amide bonds. The Bertz CT molecular complexity index is 552. The first-order chi connectivity index (χ1) is 9.69. The van der Waals surface area contributed by atoms with E-state index in [1.807, 2.05) is 0 Å². The van der Waals surface area contributed by atoms with Gasteiger partial charge in [-0.05, 0) is 27.0 Å². The first-order valence-corrected chi connectivity index (χ1v) is 6.29. The molecular weight excluding hydrogens is 281 g/mol. The van der Waals surface area contributed by atoms with Crippen LogP contribution in [0.4, 0.5) is 10.1 Å². The molecule has 7 nitrogen and oxygen atoms in total. The molecule has 116 valence electrons. The van der Waals surface area contributed by atoms with Crippen LogP contribution in [0.1, 0.15) is 20.3 Å². The molecule has 1 rings (SSSR count). The number of ether oxygens (including phenoxy) is 1. The Labute approximate surface area is 121 Å². The molecule has 0 aliphatic carbocycles. The maximum atomic E-state index is 13.5. The van der Waals surface area contributed by atoms with E-state index in [1.54, 1.807) is 20.9 Å². The molecule has 0 aromatic heterocycles. The van der Waals surface area contributed by atoms with Crippen molar-refractivity contribution in [1.29, 1.82) is 0 Å². The predicted octanol–water partition coefficient (Wildman–Crippen LogP) is 1.35. The van der Waals surface area contributed by atoms with Gasteiger partial charge in [0.15, 0.2) is 0 Å². The van der Waals surface area contributed by atoms with Crippen molar-refractivity contribution in [3.63, 3.8) is 0 Å². The fraction of sp³-hybridized carbons (Fsp3) is 0.462. The van der Waals surface area contributed by atoms with Crippen LogP contribution in [0.5, 0.6) is 5.75 Å². The number of carbonyl (C=O) groups excluding carboxylic acids is 1. The van der Waals surface area contributed by atoms with E-state index in [2.05, 4.69) is 5.32 Å². The molecule has 0 aliphatic heterocycles. The van der Waals surface area contributed by atoms with Gasteiger partial charge in [-0.3, -0.25) is 14.9 Å². The summed E-state index contributed by atoms with van der Waals surface area (Å²) < 4.78 is 18.9. The number of halogens is 1. The number of amides is 1. The topological polar surface area (TPSA) is 107 Å². The number of benzene rings is 1. The van der Waals surface area contributed by atoms with Crippen molar-refractivity contribution in [2.45, 2.75) is 31.9 Å². The molecule has 0 aliphatic rings. The molecule has 0 spiro atoms. The zero-order valence-corrected chi connectivity index (χ0v) is 12.1. The average Bonchev–Trinajstić information content (AvgIpc) is 2.37. The predicted molar refractivity (Wildman–Crippen MR) is 74.4 cm³/mol. The summed E-state index contributed by atoms with van der Waals surface area (Å²) >= 11 is 0. The van der Waals surface area contributed by atoms with Crippen LogP contribution in [0.3, 0.4) is 0 Å². The van der Waals surface area contributed by atoms with Crippen molar-refractivity contribution in [1.82, 2.24) is 5.32 Å². The van der Waals surface area contributed by atoms with Gasteiger partial charge in [0.1, 0.15) is 5.75 Å². The van der Waals surface area contributed by atoms with Gasteiger partial charge in [-0.2, -0.15) is 4.39 Å². The lowest BCUT2D eigenvalue weighted by molar-refractivity contribution is -0.387. The highest BCUT2D eigenvalue weighted by atomic mass is 19.1. The summed E-state index contributed by atoms with van der Waals surface area (Å²) in [7, 11) is 1.60. The average molecular weight is 299 g/mol. The third-order valence-electron chi connectivity index (χ3n) is 3.24. The second-order valence-corrected chi connectivity index (χ2v) is 4.95. The van der Waals surface area contributed by atoms with Crippen LogP contribution in [-0.4, -0.2) is 29.5 Å². The monoisotopic (exact) mass is 299 g/mol. The zero-order chi connectivity index (χ0) is 16.2. The third-order valence-corrected chi connectivity index (χ3v) is 3.24. The molecule has 0 fully saturated rings. The van der Waals surface area contributed by atoms with Gasteiger partial charge in [0, 0.05) is 18.6 Å². The van der Waals surface area contributed by atoms with Crippen LogP contribution in [-0.2, 0) is 4.79 Å². The molecule has 0 saturated carbocycles.